The van der Waals surface area contributed by atoms with Gasteiger partial charge >= 0.3 is 0 Å². The normalized spacial score (nSPS) is 14.1. The van der Waals surface area contributed by atoms with Crippen molar-refractivity contribution >= 4 is 58.0 Å². The van der Waals surface area contributed by atoms with Gasteiger partial charge in [-0.2, -0.15) is 0 Å². The summed E-state index contributed by atoms with van der Waals surface area (Å²) in [4.78, 5) is 29.3. The summed E-state index contributed by atoms with van der Waals surface area (Å²) in [7, 11) is 0. The van der Waals surface area contributed by atoms with Crippen LogP contribution in [0.4, 0.5) is 5.69 Å². The number of hydrogen-bond acceptors (Lipinski definition) is 3. The van der Waals surface area contributed by atoms with Crippen molar-refractivity contribution in [3.05, 3.63) is 98.4 Å². The number of amides is 2. The Morgan fingerprint density at radius 3 is 1.93 bits per heavy atom. The first-order valence-electron chi connectivity index (χ1n) is 9.25. The maximum atomic E-state index is 13.4. The van der Waals surface area contributed by atoms with Crippen LogP contribution in [0.5, 0.6) is 0 Å². The first kappa shape index (κ1) is 20.7. The molecule has 0 saturated carbocycles. The summed E-state index contributed by atoms with van der Waals surface area (Å²) in [5, 5.41) is 1.17. The topological polar surface area (TPSA) is 37.4 Å². The van der Waals surface area contributed by atoms with Crippen LogP contribution in [0.1, 0.15) is 16.7 Å². The molecule has 0 aliphatic carbocycles. The zero-order valence-electron chi connectivity index (χ0n) is 16.3. The van der Waals surface area contributed by atoms with Gasteiger partial charge in [-0.05, 0) is 79.1 Å². The van der Waals surface area contributed by atoms with Gasteiger partial charge in [-0.1, -0.05) is 53.2 Å². The summed E-state index contributed by atoms with van der Waals surface area (Å²) in [6.07, 6.45) is 0. The molecule has 1 aliphatic rings. The second-order valence-corrected chi connectivity index (χ2v) is 8.94. The highest BCUT2D eigenvalue weighted by Crippen LogP contribution is 2.42. The molecular weight excluding hydrogens is 437 g/mol. The SMILES string of the molecule is Cc1ccc(N2C(=O)C(Sc3ccc(Cl)cc3)=C(c3ccc(Cl)cc3)C2=O)cc1C. The van der Waals surface area contributed by atoms with Crippen LogP contribution in [0.25, 0.3) is 5.57 Å². The van der Waals surface area contributed by atoms with Crippen molar-refractivity contribution in [1.82, 2.24) is 0 Å². The molecule has 1 heterocycles. The number of carbonyl (C=O) groups excluding carboxylic acids is 2. The second-order valence-electron chi connectivity index (χ2n) is 6.98. The number of hydrogen-bond donors (Lipinski definition) is 0. The van der Waals surface area contributed by atoms with Crippen LogP contribution in [0.2, 0.25) is 10.0 Å². The molecular formula is C24H17Cl2NO2S. The van der Waals surface area contributed by atoms with Crippen molar-refractivity contribution in [3.63, 3.8) is 0 Å². The number of aryl methyl sites for hydroxylation is 2. The van der Waals surface area contributed by atoms with Gasteiger partial charge in [0, 0.05) is 14.9 Å². The highest BCUT2D eigenvalue weighted by atomic mass is 35.5. The molecule has 0 N–H and O–H groups in total. The molecule has 30 heavy (non-hydrogen) atoms. The molecule has 4 rings (SSSR count). The van der Waals surface area contributed by atoms with Crippen molar-refractivity contribution in [2.75, 3.05) is 4.90 Å². The highest BCUT2D eigenvalue weighted by Gasteiger charge is 2.40. The molecule has 6 heteroatoms. The average molecular weight is 454 g/mol. The largest absolute Gasteiger partial charge is 0.272 e. The highest BCUT2D eigenvalue weighted by molar-refractivity contribution is 8.04. The van der Waals surface area contributed by atoms with E-state index in [0.29, 0.717) is 31.8 Å². The van der Waals surface area contributed by atoms with Crippen LogP contribution >= 0.6 is 35.0 Å². The molecule has 150 valence electrons. The summed E-state index contributed by atoms with van der Waals surface area (Å²) in [6, 6.07) is 19.7. The average Bonchev–Trinajstić information content (AvgIpc) is 2.96. The number of rotatable bonds is 4. The molecule has 0 atom stereocenters. The number of halogens is 2. The minimum atomic E-state index is -0.345. The number of anilines is 1. The Kier molecular flexibility index (Phi) is 5.74. The van der Waals surface area contributed by atoms with Gasteiger partial charge in [-0.15, -0.1) is 0 Å². The Balaban J connectivity index is 1.82. The summed E-state index contributed by atoms with van der Waals surface area (Å²) in [6.45, 7) is 3.95. The van der Waals surface area contributed by atoms with Crippen LogP contribution in [0, 0.1) is 13.8 Å². The van der Waals surface area contributed by atoms with E-state index in [1.54, 1.807) is 42.5 Å². The minimum absolute atomic E-state index is 0.340. The third kappa shape index (κ3) is 3.91. The molecule has 0 bridgehead atoms. The fraction of sp³-hybridized carbons (Fsp3) is 0.0833. The van der Waals surface area contributed by atoms with Crippen molar-refractivity contribution in [2.24, 2.45) is 0 Å². The zero-order valence-corrected chi connectivity index (χ0v) is 18.6. The predicted molar refractivity (Wildman–Crippen MR) is 124 cm³/mol. The minimum Gasteiger partial charge on any atom is -0.268 e. The second kappa shape index (κ2) is 8.31. The molecule has 3 aromatic carbocycles. The van der Waals surface area contributed by atoms with Gasteiger partial charge in [0.15, 0.2) is 0 Å². The van der Waals surface area contributed by atoms with E-state index >= 15 is 0 Å². The van der Waals surface area contributed by atoms with E-state index in [2.05, 4.69) is 0 Å². The Bertz CT molecular complexity index is 1180. The first-order chi connectivity index (χ1) is 14.3. The zero-order chi connectivity index (χ0) is 21.4. The monoisotopic (exact) mass is 453 g/mol. The van der Waals surface area contributed by atoms with Crippen molar-refractivity contribution in [3.8, 4) is 0 Å². The third-order valence-corrected chi connectivity index (χ3v) is 6.55. The van der Waals surface area contributed by atoms with Crippen molar-refractivity contribution in [1.29, 1.82) is 0 Å². The molecule has 0 saturated heterocycles. The number of nitrogens with zero attached hydrogens (tertiary/aromatic N) is 1. The fourth-order valence-corrected chi connectivity index (χ4v) is 4.44. The van der Waals surface area contributed by atoms with E-state index in [1.807, 2.05) is 38.1 Å². The summed E-state index contributed by atoms with van der Waals surface area (Å²) in [5.41, 5.74) is 3.70. The summed E-state index contributed by atoms with van der Waals surface area (Å²) >= 11 is 13.3. The van der Waals surface area contributed by atoms with Gasteiger partial charge in [0.05, 0.1) is 16.2 Å². The number of thioether (sulfide) groups is 1. The molecule has 0 spiro atoms. The number of imide groups is 1. The van der Waals surface area contributed by atoms with E-state index in [9.17, 15) is 9.59 Å². The van der Waals surface area contributed by atoms with Crippen LogP contribution in [0.3, 0.4) is 0 Å². The molecule has 3 aromatic rings. The fourth-order valence-electron chi connectivity index (χ4n) is 3.20. The van der Waals surface area contributed by atoms with Crippen molar-refractivity contribution < 1.29 is 9.59 Å². The Labute approximate surface area is 189 Å². The van der Waals surface area contributed by atoms with E-state index in [4.69, 9.17) is 23.2 Å². The lowest BCUT2D eigenvalue weighted by atomic mass is 10.1. The molecule has 0 aromatic heterocycles. The molecule has 0 fully saturated rings. The van der Waals surface area contributed by atoms with Gasteiger partial charge in [-0.3, -0.25) is 9.59 Å². The van der Waals surface area contributed by atoms with Crippen LogP contribution < -0.4 is 4.90 Å². The lowest BCUT2D eigenvalue weighted by molar-refractivity contribution is -0.119. The molecule has 0 radical (unpaired) electrons. The first-order valence-corrected chi connectivity index (χ1v) is 10.8. The number of benzene rings is 3. The maximum Gasteiger partial charge on any atom is 0.272 e. The summed E-state index contributed by atoms with van der Waals surface area (Å²) in [5.74, 6) is -0.685. The van der Waals surface area contributed by atoms with Gasteiger partial charge in [-0.25, -0.2) is 4.90 Å². The third-order valence-electron chi connectivity index (χ3n) is 4.96. The Morgan fingerprint density at radius 2 is 1.33 bits per heavy atom. The van der Waals surface area contributed by atoms with Crippen LogP contribution in [-0.4, -0.2) is 11.8 Å². The molecule has 1 aliphatic heterocycles. The van der Waals surface area contributed by atoms with Gasteiger partial charge in [0.2, 0.25) is 0 Å². The molecule has 0 unspecified atom stereocenters. The van der Waals surface area contributed by atoms with Gasteiger partial charge < -0.3 is 0 Å². The molecule has 2 amide bonds. The van der Waals surface area contributed by atoms with E-state index in [0.717, 1.165) is 16.0 Å². The van der Waals surface area contributed by atoms with Crippen LogP contribution in [-0.2, 0) is 9.59 Å². The number of carbonyl (C=O) groups is 2. The quantitative estimate of drug-likeness (QED) is 0.413. The van der Waals surface area contributed by atoms with Crippen molar-refractivity contribution in [2.45, 2.75) is 18.7 Å². The van der Waals surface area contributed by atoms with E-state index in [-0.39, 0.29) is 11.8 Å². The predicted octanol–water partition coefficient (Wildman–Crippen LogP) is 6.69. The maximum absolute atomic E-state index is 13.4. The summed E-state index contributed by atoms with van der Waals surface area (Å²) < 4.78 is 0. The Hall–Kier alpha value is -2.53. The smallest absolute Gasteiger partial charge is 0.268 e. The standard InChI is InChI=1S/C24H17Cl2NO2S/c1-14-3-10-19(13-15(14)2)27-23(28)21(16-4-6-17(25)7-5-16)22(24(27)29)30-20-11-8-18(26)9-12-20/h3-13H,1-2H3. The molecule has 3 nitrogen and oxygen atoms in total. The van der Waals surface area contributed by atoms with E-state index in [1.165, 1.54) is 16.7 Å². The lowest BCUT2D eigenvalue weighted by Crippen LogP contribution is -2.31. The van der Waals surface area contributed by atoms with E-state index < -0.39 is 0 Å². The lowest BCUT2D eigenvalue weighted by Gasteiger charge is -2.16. The van der Waals surface area contributed by atoms with Crippen LogP contribution in [0.15, 0.2) is 76.5 Å². The van der Waals surface area contributed by atoms with Gasteiger partial charge in [0.25, 0.3) is 11.8 Å². The Morgan fingerprint density at radius 1 is 0.733 bits per heavy atom. The van der Waals surface area contributed by atoms with Gasteiger partial charge in [0.1, 0.15) is 0 Å².